The first kappa shape index (κ1) is 22.4. The van der Waals surface area contributed by atoms with Gasteiger partial charge in [0.1, 0.15) is 5.60 Å². The Labute approximate surface area is 198 Å². The number of rotatable bonds is 5. The van der Waals surface area contributed by atoms with Crippen LogP contribution in [0.2, 0.25) is 0 Å². The topological polar surface area (TPSA) is 107 Å². The summed E-state index contributed by atoms with van der Waals surface area (Å²) in [7, 11) is 1.66. The highest BCUT2D eigenvalue weighted by Crippen LogP contribution is 2.43. The Kier molecular flexibility index (Phi) is 5.75. The van der Waals surface area contributed by atoms with E-state index < -0.39 is 5.60 Å². The van der Waals surface area contributed by atoms with Gasteiger partial charge in [0.25, 0.3) is 0 Å². The lowest BCUT2D eigenvalue weighted by Gasteiger charge is -2.34. The largest absolute Gasteiger partial charge is 0.493 e. The Morgan fingerprint density at radius 3 is 2.76 bits per heavy atom. The summed E-state index contributed by atoms with van der Waals surface area (Å²) in [4.78, 5) is 28.3. The lowest BCUT2D eigenvalue weighted by Crippen LogP contribution is -2.47. The van der Waals surface area contributed by atoms with Gasteiger partial charge in [0.15, 0.2) is 11.4 Å². The highest BCUT2D eigenvalue weighted by molar-refractivity contribution is 5.75. The van der Waals surface area contributed by atoms with E-state index in [4.69, 9.17) is 19.4 Å². The van der Waals surface area contributed by atoms with Crippen molar-refractivity contribution in [2.45, 2.75) is 64.0 Å². The van der Waals surface area contributed by atoms with Crippen molar-refractivity contribution >= 4 is 17.7 Å². The number of hydrogen-bond acceptors (Lipinski definition) is 8. The van der Waals surface area contributed by atoms with Crippen LogP contribution in [0.3, 0.4) is 0 Å². The summed E-state index contributed by atoms with van der Waals surface area (Å²) in [5.41, 5.74) is 2.80. The molecular weight excluding hydrogens is 434 g/mol. The van der Waals surface area contributed by atoms with Crippen LogP contribution >= 0.6 is 0 Å². The summed E-state index contributed by atoms with van der Waals surface area (Å²) < 4.78 is 12.8. The molecule has 2 aliphatic rings. The van der Waals surface area contributed by atoms with E-state index in [9.17, 15) is 4.79 Å². The third-order valence-electron chi connectivity index (χ3n) is 6.01. The molecule has 0 radical (unpaired) electrons. The number of carbonyl (C=O) groups excluding carboxylic acids is 1. The van der Waals surface area contributed by atoms with Gasteiger partial charge in [0.05, 0.1) is 36.5 Å². The third kappa shape index (κ3) is 4.76. The van der Waals surface area contributed by atoms with Crippen LogP contribution in [0.5, 0.6) is 5.75 Å². The molecule has 1 saturated carbocycles. The van der Waals surface area contributed by atoms with E-state index in [0.29, 0.717) is 25.0 Å². The molecule has 4 heterocycles. The molecule has 1 aliphatic heterocycles. The smallest absolute Gasteiger partial charge is 0.410 e. The van der Waals surface area contributed by atoms with Crippen LogP contribution in [0.4, 0.5) is 10.7 Å². The molecule has 5 rings (SSSR count). The summed E-state index contributed by atoms with van der Waals surface area (Å²) in [5, 5.41) is 7.86. The molecule has 1 amide bonds. The van der Waals surface area contributed by atoms with E-state index in [1.807, 2.05) is 33.0 Å². The van der Waals surface area contributed by atoms with E-state index in [1.165, 1.54) is 0 Å². The fourth-order valence-electron chi connectivity index (χ4n) is 4.24. The van der Waals surface area contributed by atoms with E-state index in [-0.39, 0.29) is 12.1 Å². The number of ether oxygens (including phenoxy) is 2. The molecule has 1 atom stereocenters. The second-order valence-corrected chi connectivity index (χ2v) is 9.97. The molecule has 180 valence electrons. The number of nitrogens with zero attached hydrogens (tertiary/aromatic N) is 6. The summed E-state index contributed by atoms with van der Waals surface area (Å²) in [5.74, 6) is 1.73. The van der Waals surface area contributed by atoms with E-state index in [0.717, 1.165) is 54.0 Å². The second kappa shape index (κ2) is 8.73. The number of piperidine rings is 1. The van der Waals surface area contributed by atoms with Gasteiger partial charge in [0.2, 0.25) is 5.95 Å². The van der Waals surface area contributed by atoms with Crippen LogP contribution < -0.4 is 10.1 Å². The van der Waals surface area contributed by atoms with Crippen molar-refractivity contribution in [1.29, 1.82) is 0 Å². The molecule has 2 fully saturated rings. The number of likely N-dealkylation sites (tertiary alicyclic amines) is 1. The monoisotopic (exact) mass is 465 g/mol. The summed E-state index contributed by atoms with van der Waals surface area (Å²) in [6.07, 6.45) is 9.18. The lowest BCUT2D eigenvalue weighted by molar-refractivity contribution is 0.0206. The molecule has 0 bridgehead atoms. The summed E-state index contributed by atoms with van der Waals surface area (Å²) >= 11 is 0. The average molecular weight is 466 g/mol. The zero-order chi connectivity index (χ0) is 23.9. The molecule has 1 N–H and O–H groups in total. The first-order chi connectivity index (χ1) is 16.3. The van der Waals surface area contributed by atoms with Gasteiger partial charge in [0, 0.05) is 31.2 Å². The molecule has 3 aromatic rings. The molecule has 34 heavy (non-hydrogen) atoms. The minimum absolute atomic E-state index is 0.0456. The summed E-state index contributed by atoms with van der Waals surface area (Å²) in [6, 6.07) is 1.91. The average Bonchev–Trinajstić information content (AvgIpc) is 3.57. The van der Waals surface area contributed by atoms with Crippen LogP contribution in [0, 0.1) is 0 Å². The van der Waals surface area contributed by atoms with Crippen LogP contribution in [0.25, 0.3) is 16.9 Å². The van der Waals surface area contributed by atoms with Crippen LogP contribution in [0.15, 0.2) is 24.7 Å². The van der Waals surface area contributed by atoms with Gasteiger partial charge in [-0.15, -0.1) is 0 Å². The number of anilines is 1. The van der Waals surface area contributed by atoms with Gasteiger partial charge >= 0.3 is 6.09 Å². The zero-order valence-electron chi connectivity index (χ0n) is 20.1. The van der Waals surface area contributed by atoms with Crippen molar-refractivity contribution < 1.29 is 14.3 Å². The van der Waals surface area contributed by atoms with Crippen molar-refractivity contribution in [1.82, 2.24) is 29.5 Å². The molecule has 0 aromatic carbocycles. The number of hydrogen-bond donors (Lipinski definition) is 1. The van der Waals surface area contributed by atoms with Crippen LogP contribution in [-0.4, -0.2) is 67.4 Å². The minimum Gasteiger partial charge on any atom is -0.493 e. The number of amides is 1. The first-order valence-corrected chi connectivity index (χ1v) is 11.8. The van der Waals surface area contributed by atoms with E-state index >= 15 is 0 Å². The van der Waals surface area contributed by atoms with Gasteiger partial charge in [-0.3, -0.25) is 0 Å². The number of methoxy groups -OCH3 is 1. The Morgan fingerprint density at radius 2 is 2.03 bits per heavy atom. The SMILES string of the molecule is COc1cn2ncc(-c3ccnc(NC4CCCN(C(=O)OC(C)(C)C)C4)n3)c2nc1C1CC1. The predicted molar refractivity (Wildman–Crippen MR) is 127 cm³/mol. The Bertz CT molecular complexity index is 1200. The molecule has 1 aliphatic carbocycles. The van der Waals surface area contributed by atoms with Gasteiger partial charge in [-0.1, -0.05) is 0 Å². The van der Waals surface area contributed by atoms with Crippen molar-refractivity contribution in [2.24, 2.45) is 0 Å². The molecule has 3 aromatic heterocycles. The fourth-order valence-corrected chi connectivity index (χ4v) is 4.24. The van der Waals surface area contributed by atoms with E-state index in [2.05, 4.69) is 15.4 Å². The van der Waals surface area contributed by atoms with Crippen molar-refractivity contribution in [3.8, 4) is 17.0 Å². The Morgan fingerprint density at radius 1 is 1.21 bits per heavy atom. The molecule has 1 saturated heterocycles. The number of carbonyl (C=O) groups is 1. The maximum atomic E-state index is 12.5. The van der Waals surface area contributed by atoms with Crippen LogP contribution in [-0.2, 0) is 4.74 Å². The summed E-state index contributed by atoms with van der Waals surface area (Å²) in [6.45, 7) is 6.87. The predicted octanol–water partition coefficient (Wildman–Crippen LogP) is 3.88. The van der Waals surface area contributed by atoms with Gasteiger partial charge < -0.3 is 19.7 Å². The van der Waals surface area contributed by atoms with Crippen molar-refractivity contribution in [3.05, 3.63) is 30.4 Å². The van der Waals surface area contributed by atoms with E-state index in [1.54, 1.807) is 28.9 Å². The van der Waals surface area contributed by atoms with Crippen LogP contribution in [0.1, 0.15) is 58.1 Å². The maximum Gasteiger partial charge on any atom is 0.410 e. The number of nitrogens with one attached hydrogen (secondary N) is 1. The fraction of sp³-hybridized carbons (Fsp3) is 0.542. The molecular formula is C24H31N7O3. The highest BCUT2D eigenvalue weighted by atomic mass is 16.6. The molecule has 10 nitrogen and oxygen atoms in total. The van der Waals surface area contributed by atoms with Gasteiger partial charge in [-0.05, 0) is 52.5 Å². The zero-order valence-corrected chi connectivity index (χ0v) is 20.1. The first-order valence-electron chi connectivity index (χ1n) is 11.8. The second-order valence-electron chi connectivity index (χ2n) is 9.97. The number of fused-ring (bicyclic) bond motifs is 1. The van der Waals surface area contributed by atoms with Gasteiger partial charge in [-0.2, -0.15) is 5.10 Å². The Balaban J connectivity index is 1.35. The highest BCUT2D eigenvalue weighted by Gasteiger charge is 2.30. The lowest BCUT2D eigenvalue weighted by atomic mass is 10.1. The maximum absolute atomic E-state index is 12.5. The molecule has 0 spiro atoms. The molecule has 10 heteroatoms. The number of aromatic nitrogens is 5. The third-order valence-corrected chi connectivity index (χ3v) is 6.01. The normalized spacial score (nSPS) is 18.7. The van der Waals surface area contributed by atoms with Crippen molar-refractivity contribution in [2.75, 3.05) is 25.5 Å². The quantitative estimate of drug-likeness (QED) is 0.605. The standard InChI is InChI=1S/C24H31N7O3/c1-24(2,3)34-23(32)30-11-5-6-16(13-30)27-22-25-10-9-18(28-22)17-12-26-31-14-19(33-4)20(15-7-8-15)29-21(17)31/h9-10,12,14-16H,5-8,11,13H2,1-4H3,(H,25,27,28). The Hall–Kier alpha value is -3.43. The molecule has 1 unspecified atom stereocenters. The van der Waals surface area contributed by atoms with Crippen molar-refractivity contribution in [3.63, 3.8) is 0 Å². The minimum atomic E-state index is -0.513. The van der Waals surface area contributed by atoms with Gasteiger partial charge in [-0.25, -0.2) is 24.3 Å².